The molecule has 1 rings (SSSR count). The summed E-state index contributed by atoms with van der Waals surface area (Å²) in [4.78, 5) is 23.3. The van der Waals surface area contributed by atoms with Crippen LogP contribution in [0, 0.1) is 5.92 Å². The number of benzene rings is 1. The molecular formula is C14H18ClNO4S. The number of hydrogen-bond acceptors (Lipinski definition) is 4. The molecule has 1 aromatic rings. The fourth-order valence-electron chi connectivity index (χ4n) is 1.87. The highest BCUT2D eigenvalue weighted by Crippen LogP contribution is 2.16. The first kappa shape index (κ1) is 17.7. The minimum absolute atomic E-state index is 0.0194. The van der Waals surface area contributed by atoms with Crippen LogP contribution in [0.2, 0.25) is 5.02 Å². The van der Waals surface area contributed by atoms with Gasteiger partial charge in [0.15, 0.2) is 15.6 Å². The summed E-state index contributed by atoms with van der Waals surface area (Å²) in [6.07, 6.45) is 0. The molecule has 1 N–H and O–H groups in total. The van der Waals surface area contributed by atoms with E-state index in [4.69, 9.17) is 11.6 Å². The number of rotatable bonds is 6. The van der Waals surface area contributed by atoms with E-state index in [2.05, 4.69) is 5.32 Å². The van der Waals surface area contributed by atoms with Crippen LogP contribution in [0.5, 0.6) is 0 Å². The van der Waals surface area contributed by atoms with Crippen molar-refractivity contribution in [3.05, 3.63) is 29.3 Å². The molecule has 0 aliphatic rings. The van der Waals surface area contributed by atoms with Crippen LogP contribution in [-0.2, 0) is 19.4 Å². The van der Waals surface area contributed by atoms with E-state index in [0.717, 1.165) is 0 Å². The highest BCUT2D eigenvalue weighted by atomic mass is 35.5. The lowest BCUT2D eigenvalue weighted by atomic mass is 10.0. The topological polar surface area (TPSA) is 80.3 Å². The van der Waals surface area contributed by atoms with Crippen LogP contribution in [0.3, 0.4) is 0 Å². The summed E-state index contributed by atoms with van der Waals surface area (Å²) in [7, 11) is -3.79. The lowest BCUT2D eigenvalue weighted by molar-refractivity contribution is -0.126. The molecule has 0 saturated heterocycles. The van der Waals surface area contributed by atoms with Crippen molar-refractivity contribution in [1.29, 1.82) is 0 Å². The fraction of sp³-hybridized carbons (Fsp3) is 0.429. The van der Waals surface area contributed by atoms with E-state index in [-0.39, 0.29) is 21.6 Å². The predicted octanol–water partition coefficient (Wildman–Crippen LogP) is 1.84. The monoisotopic (exact) mass is 331 g/mol. The van der Waals surface area contributed by atoms with E-state index in [1.807, 2.05) is 0 Å². The summed E-state index contributed by atoms with van der Waals surface area (Å²) in [5, 5.41) is 2.73. The van der Waals surface area contributed by atoms with Gasteiger partial charge in [-0.15, -0.1) is 0 Å². The number of carbonyl (C=O) groups excluding carboxylic acids is 2. The molecule has 1 unspecified atom stereocenters. The van der Waals surface area contributed by atoms with Gasteiger partial charge in [0.1, 0.15) is 5.75 Å². The van der Waals surface area contributed by atoms with E-state index in [9.17, 15) is 18.0 Å². The molecule has 0 heterocycles. The Kier molecular flexibility index (Phi) is 5.92. The Morgan fingerprint density at radius 1 is 1.29 bits per heavy atom. The first-order chi connectivity index (χ1) is 9.63. The summed E-state index contributed by atoms with van der Waals surface area (Å²) in [5.41, 5.74) is 0. The van der Waals surface area contributed by atoms with Gasteiger partial charge in [-0.2, -0.15) is 0 Å². The predicted molar refractivity (Wildman–Crippen MR) is 81.0 cm³/mol. The van der Waals surface area contributed by atoms with Crippen molar-refractivity contribution in [3.8, 4) is 0 Å². The second-order valence-corrected chi connectivity index (χ2v) is 7.54. The average Bonchev–Trinajstić information content (AvgIpc) is 2.34. The quantitative estimate of drug-likeness (QED) is 0.862. The van der Waals surface area contributed by atoms with Crippen molar-refractivity contribution >= 4 is 33.1 Å². The van der Waals surface area contributed by atoms with Crippen LogP contribution < -0.4 is 5.32 Å². The Morgan fingerprint density at radius 3 is 2.38 bits per heavy atom. The van der Waals surface area contributed by atoms with E-state index in [0.29, 0.717) is 0 Å². The van der Waals surface area contributed by atoms with Crippen LogP contribution in [-0.4, -0.2) is 31.9 Å². The molecule has 1 atom stereocenters. The lowest BCUT2D eigenvalue weighted by Gasteiger charge is -2.19. The molecule has 5 nitrogen and oxygen atoms in total. The van der Waals surface area contributed by atoms with E-state index in [1.54, 1.807) is 19.9 Å². The average molecular weight is 332 g/mol. The molecule has 0 saturated carbocycles. The van der Waals surface area contributed by atoms with Gasteiger partial charge in [0, 0.05) is 5.02 Å². The molecule has 116 valence electrons. The Hall–Kier alpha value is -1.40. The Morgan fingerprint density at radius 2 is 1.90 bits per heavy atom. The first-order valence-electron chi connectivity index (χ1n) is 6.41. The third-order valence-electron chi connectivity index (χ3n) is 2.90. The van der Waals surface area contributed by atoms with Crippen molar-refractivity contribution in [1.82, 2.24) is 5.32 Å². The zero-order chi connectivity index (χ0) is 16.2. The Labute approximate surface area is 129 Å². The molecule has 7 heteroatoms. The number of sulfone groups is 1. The molecule has 0 aromatic heterocycles. The number of ketones is 1. The number of amides is 1. The molecule has 0 aliphatic heterocycles. The van der Waals surface area contributed by atoms with Crippen molar-refractivity contribution in [2.24, 2.45) is 5.92 Å². The summed E-state index contributed by atoms with van der Waals surface area (Å²) in [5.74, 6) is -1.74. The smallest absolute Gasteiger partial charge is 0.236 e. The van der Waals surface area contributed by atoms with Gasteiger partial charge in [-0.25, -0.2) is 8.42 Å². The summed E-state index contributed by atoms with van der Waals surface area (Å²) >= 11 is 5.75. The normalized spacial score (nSPS) is 13.0. The summed E-state index contributed by atoms with van der Waals surface area (Å²) < 4.78 is 24.2. The van der Waals surface area contributed by atoms with Crippen LogP contribution in [0.15, 0.2) is 29.2 Å². The SMILES string of the molecule is CC(=O)C(NC(=O)CS(=O)(=O)c1cccc(Cl)c1)C(C)C. The van der Waals surface area contributed by atoms with Crippen LogP contribution in [0.25, 0.3) is 0 Å². The minimum Gasteiger partial charge on any atom is -0.345 e. The zero-order valence-electron chi connectivity index (χ0n) is 12.1. The first-order valence-corrected chi connectivity index (χ1v) is 8.44. The van der Waals surface area contributed by atoms with Crippen molar-refractivity contribution in [3.63, 3.8) is 0 Å². The van der Waals surface area contributed by atoms with E-state index >= 15 is 0 Å². The molecule has 0 fully saturated rings. The van der Waals surface area contributed by atoms with Gasteiger partial charge in [-0.1, -0.05) is 31.5 Å². The summed E-state index contributed by atoms with van der Waals surface area (Å²) in [6.45, 7) is 4.91. The van der Waals surface area contributed by atoms with Gasteiger partial charge >= 0.3 is 0 Å². The van der Waals surface area contributed by atoms with Crippen LogP contribution in [0.4, 0.5) is 0 Å². The Bertz CT molecular complexity index is 640. The number of Topliss-reactive ketones (excluding diaryl/α,β-unsaturated/α-hetero) is 1. The largest absolute Gasteiger partial charge is 0.345 e. The molecule has 1 aromatic carbocycles. The number of halogens is 1. The van der Waals surface area contributed by atoms with Crippen molar-refractivity contribution in [2.45, 2.75) is 31.7 Å². The third-order valence-corrected chi connectivity index (χ3v) is 4.75. The number of nitrogens with one attached hydrogen (secondary N) is 1. The third kappa shape index (κ3) is 5.13. The zero-order valence-corrected chi connectivity index (χ0v) is 13.7. The highest BCUT2D eigenvalue weighted by molar-refractivity contribution is 7.92. The second kappa shape index (κ2) is 7.04. The number of carbonyl (C=O) groups is 2. The van der Waals surface area contributed by atoms with E-state index < -0.39 is 27.5 Å². The molecule has 0 bridgehead atoms. The maximum atomic E-state index is 12.1. The molecular weight excluding hydrogens is 314 g/mol. The molecule has 0 aliphatic carbocycles. The molecule has 0 spiro atoms. The van der Waals surface area contributed by atoms with Gasteiger partial charge in [-0.3, -0.25) is 9.59 Å². The van der Waals surface area contributed by atoms with Gasteiger partial charge < -0.3 is 5.32 Å². The van der Waals surface area contributed by atoms with Crippen molar-refractivity contribution < 1.29 is 18.0 Å². The summed E-state index contributed by atoms with van der Waals surface area (Å²) in [6, 6.07) is 5.02. The maximum Gasteiger partial charge on any atom is 0.236 e. The lowest BCUT2D eigenvalue weighted by Crippen LogP contribution is -2.45. The molecule has 0 radical (unpaired) electrons. The second-order valence-electron chi connectivity index (χ2n) is 5.12. The number of hydrogen-bond donors (Lipinski definition) is 1. The van der Waals surface area contributed by atoms with Gasteiger partial charge in [0.05, 0.1) is 10.9 Å². The minimum atomic E-state index is -3.79. The highest BCUT2D eigenvalue weighted by Gasteiger charge is 2.25. The van der Waals surface area contributed by atoms with Crippen LogP contribution >= 0.6 is 11.6 Å². The fourth-order valence-corrected chi connectivity index (χ4v) is 3.31. The van der Waals surface area contributed by atoms with Gasteiger partial charge in [0.25, 0.3) is 0 Å². The standard InChI is InChI=1S/C14H18ClNO4S/c1-9(2)14(10(3)17)16-13(18)8-21(19,20)12-6-4-5-11(15)7-12/h4-7,9,14H,8H2,1-3H3,(H,16,18). The Balaban J connectivity index is 2.85. The van der Waals surface area contributed by atoms with E-state index in [1.165, 1.54) is 25.1 Å². The van der Waals surface area contributed by atoms with Gasteiger partial charge in [0.2, 0.25) is 5.91 Å². The maximum absolute atomic E-state index is 12.1. The van der Waals surface area contributed by atoms with Gasteiger partial charge in [-0.05, 0) is 31.0 Å². The van der Waals surface area contributed by atoms with Crippen LogP contribution in [0.1, 0.15) is 20.8 Å². The molecule has 21 heavy (non-hydrogen) atoms. The van der Waals surface area contributed by atoms with Crippen molar-refractivity contribution in [2.75, 3.05) is 5.75 Å². The molecule has 1 amide bonds.